The van der Waals surface area contributed by atoms with Crippen LogP contribution in [0.15, 0.2) is 36.5 Å². The van der Waals surface area contributed by atoms with Crippen LogP contribution < -0.4 is 0 Å². The number of halogens is 1. The van der Waals surface area contributed by atoms with Crippen LogP contribution in [0.4, 0.5) is 4.39 Å². The molecule has 0 N–H and O–H groups in total. The molecule has 1 saturated carbocycles. The first-order chi connectivity index (χ1) is 12.7. The number of hydrogen-bond donors (Lipinski definition) is 0. The fourth-order valence-electron chi connectivity index (χ4n) is 5.42. The van der Waals surface area contributed by atoms with Crippen LogP contribution in [0.2, 0.25) is 0 Å². The van der Waals surface area contributed by atoms with Crippen LogP contribution in [0, 0.1) is 28.0 Å². The second-order valence-electron chi connectivity index (χ2n) is 9.19. The van der Waals surface area contributed by atoms with E-state index in [0.29, 0.717) is 23.5 Å². The Balaban J connectivity index is 1.75. The molecule has 1 aromatic carbocycles. The predicted octanol–water partition coefficient (Wildman–Crippen LogP) is 4.53. The van der Waals surface area contributed by atoms with E-state index < -0.39 is 0 Å². The normalized spacial score (nSPS) is 26.0. The summed E-state index contributed by atoms with van der Waals surface area (Å²) in [7, 11) is 0. The summed E-state index contributed by atoms with van der Waals surface area (Å²) in [5.74, 6) is -0.503. The third kappa shape index (κ3) is 3.03. The summed E-state index contributed by atoms with van der Waals surface area (Å²) in [4.78, 5) is 15.5. The summed E-state index contributed by atoms with van der Waals surface area (Å²) in [6.45, 7) is 7.49. The Morgan fingerprint density at radius 1 is 1.26 bits per heavy atom. The summed E-state index contributed by atoms with van der Waals surface area (Å²) < 4.78 is 15.4. The SMILES string of the molecule is CC1(C)CC2CC(C)(CN2C(=O)c2c(C#N)ccn2-c2cccc(F)c2)C1. The lowest BCUT2D eigenvalue weighted by Gasteiger charge is -2.39. The highest BCUT2D eigenvalue weighted by Crippen LogP contribution is 2.52. The second-order valence-corrected chi connectivity index (χ2v) is 9.19. The smallest absolute Gasteiger partial charge is 0.272 e. The van der Waals surface area contributed by atoms with Crippen LogP contribution in [0.25, 0.3) is 5.69 Å². The van der Waals surface area contributed by atoms with E-state index in [4.69, 9.17) is 0 Å². The maximum atomic E-state index is 13.7. The van der Waals surface area contributed by atoms with E-state index in [9.17, 15) is 14.4 Å². The average Bonchev–Trinajstić information content (AvgIpc) is 3.11. The van der Waals surface area contributed by atoms with Gasteiger partial charge in [0.05, 0.1) is 5.56 Å². The molecule has 0 spiro atoms. The lowest BCUT2D eigenvalue weighted by molar-refractivity contribution is 0.0700. The topological polar surface area (TPSA) is 49.0 Å². The Kier molecular flexibility index (Phi) is 3.92. The van der Waals surface area contributed by atoms with Crippen LogP contribution in [-0.4, -0.2) is 28.0 Å². The van der Waals surface area contributed by atoms with Gasteiger partial charge in [0.1, 0.15) is 17.6 Å². The van der Waals surface area contributed by atoms with Crippen LogP contribution in [0.3, 0.4) is 0 Å². The number of carbonyl (C=O) groups excluding carboxylic acids is 1. The van der Waals surface area contributed by atoms with Crippen molar-refractivity contribution in [3.63, 3.8) is 0 Å². The molecule has 2 fully saturated rings. The first-order valence-corrected chi connectivity index (χ1v) is 9.40. The summed E-state index contributed by atoms with van der Waals surface area (Å²) >= 11 is 0. The van der Waals surface area contributed by atoms with Crippen molar-refractivity contribution in [2.75, 3.05) is 6.54 Å². The van der Waals surface area contributed by atoms with Crippen molar-refractivity contribution in [1.29, 1.82) is 5.26 Å². The number of nitrogens with zero attached hydrogens (tertiary/aromatic N) is 3. The maximum Gasteiger partial charge on any atom is 0.272 e. The number of carbonyl (C=O) groups is 1. The minimum absolute atomic E-state index is 0.116. The zero-order chi connectivity index (χ0) is 19.4. The number of aromatic nitrogens is 1. The van der Waals surface area contributed by atoms with Gasteiger partial charge in [-0.3, -0.25) is 4.79 Å². The highest BCUT2D eigenvalue weighted by Gasteiger charge is 2.51. The third-order valence-electron chi connectivity index (χ3n) is 5.97. The quantitative estimate of drug-likeness (QED) is 0.785. The van der Waals surface area contributed by atoms with Crippen molar-refractivity contribution in [3.05, 3.63) is 53.6 Å². The minimum Gasteiger partial charge on any atom is -0.334 e. The van der Waals surface area contributed by atoms with Crippen LogP contribution in [-0.2, 0) is 0 Å². The number of likely N-dealkylation sites (tertiary alicyclic amines) is 1. The fourth-order valence-corrected chi connectivity index (χ4v) is 5.42. The van der Waals surface area contributed by atoms with Gasteiger partial charge in [-0.1, -0.05) is 26.8 Å². The Labute approximate surface area is 159 Å². The average molecular weight is 365 g/mol. The van der Waals surface area contributed by atoms with Crippen LogP contribution >= 0.6 is 0 Å². The molecule has 1 saturated heterocycles. The van der Waals surface area contributed by atoms with Gasteiger partial charge >= 0.3 is 0 Å². The molecule has 1 amide bonds. The van der Waals surface area contributed by atoms with Gasteiger partial charge in [-0.2, -0.15) is 5.26 Å². The highest BCUT2D eigenvalue weighted by molar-refractivity contribution is 5.96. The maximum absolute atomic E-state index is 13.7. The van der Waals surface area contributed by atoms with Crippen LogP contribution in [0.5, 0.6) is 0 Å². The van der Waals surface area contributed by atoms with Crippen molar-refractivity contribution in [2.24, 2.45) is 10.8 Å². The molecule has 2 heterocycles. The van der Waals surface area contributed by atoms with Gasteiger partial charge in [0.2, 0.25) is 0 Å². The standard InChI is InChI=1S/C22H24FN3O/c1-21(2)10-18-11-22(3,13-21)14-26(18)20(27)19-15(12-24)7-8-25(19)17-6-4-5-16(23)9-17/h4-9,18H,10-11,13-14H2,1-3H3. The highest BCUT2D eigenvalue weighted by atomic mass is 19.1. The van der Waals surface area contributed by atoms with E-state index in [1.165, 1.54) is 12.1 Å². The van der Waals surface area contributed by atoms with Gasteiger partial charge in [-0.25, -0.2) is 4.39 Å². The van der Waals surface area contributed by atoms with Gasteiger partial charge in [0.15, 0.2) is 0 Å². The molecule has 4 nitrogen and oxygen atoms in total. The van der Waals surface area contributed by atoms with Crippen molar-refractivity contribution in [2.45, 2.75) is 46.1 Å². The first-order valence-electron chi connectivity index (χ1n) is 9.40. The lowest BCUT2D eigenvalue weighted by atomic mass is 9.65. The number of rotatable bonds is 2. The van der Waals surface area contributed by atoms with E-state index >= 15 is 0 Å². The van der Waals surface area contributed by atoms with Gasteiger partial charge in [0, 0.05) is 24.5 Å². The van der Waals surface area contributed by atoms with Crippen LogP contribution in [0.1, 0.15) is 56.1 Å². The van der Waals surface area contributed by atoms with E-state index in [-0.39, 0.29) is 28.6 Å². The molecule has 27 heavy (non-hydrogen) atoms. The molecule has 0 radical (unpaired) electrons. The Bertz CT molecular complexity index is 955. The van der Waals surface area contributed by atoms with Crippen molar-refractivity contribution in [3.8, 4) is 11.8 Å². The third-order valence-corrected chi connectivity index (χ3v) is 5.97. The van der Waals surface area contributed by atoms with Crippen molar-refractivity contribution >= 4 is 5.91 Å². The van der Waals surface area contributed by atoms with Gasteiger partial charge in [0.25, 0.3) is 5.91 Å². The summed E-state index contributed by atoms with van der Waals surface area (Å²) in [6, 6.07) is 10.0. The zero-order valence-electron chi connectivity index (χ0n) is 16.0. The number of fused-ring (bicyclic) bond motifs is 2. The molecule has 2 atom stereocenters. The second kappa shape index (κ2) is 5.95. The molecule has 140 valence electrons. The summed E-state index contributed by atoms with van der Waals surface area (Å²) in [6.07, 6.45) is 4.74. The Hall–Kier alpha value is -2.61. The molecule has 1 aliphatic heterocycles. The van der Waals surface area contributed by atoms with E-state index in [1.54, 1.807) is 29.0 Å². The molecular formula is C22H24FN3O. The van der Waals surface area contributed by atoms with Gasteiger partial charge < -0.3 is 9.47 Å². The summed E-state index contributed by atoms with van der Waals surface area (Å²) in [5.41, 5.74) is 1.53. The minimum atomic E-state index is -0.371. The fraction of sp³-hybridized carbons (Fsp3) is 0.455. The Morgan fingerprint density at radius 2 is 2.04 bits per heavy atom. The number of hydrogen-bond acceptors (Lipinski definition) is 2. The predicted molar refractivity (Wildman–Crippen MR) is 101 cm³/mol. The molecule has 2 unspecified atom stereocenters. The molecule has 1 aromatic heterocycles. The Morgan fingerprint density at radius 3 is 2.74 bits per heavy atom. The van der Waals surface area contributed by atoms with Crippen molar-refractivity contribution in [1.82, 2.24) is 9.47 Å². The molecule has 2 aromatic rings. The first kappa shape index (κ1) is 17.8. The summed E-state index contributed by atoms with van der Waals surface area (Å²) in [5, 5.41) is 9.54. The molecule has 2 aliphatic rings. The lowest BCUT2D eigenvalue weighted by Crippen LogP contribution is -2.38. The van der Waals surface area contributed by atoms with E-state index in [2.05, 4.69) is 26.8 Å². The van der Waals surface area contributed by atoms with Gasteiger partial charge in [-0.05, 0) is 54.4 Å². The molecular weight excluding hydrogens is 341 g/mol. The number of amides is 1. The molecule has 2 bridgehead atoms. The number of benzene rings is 1. The molecule has 5 heteroatoms. The largest absolute Gasteiger partial charge is 0.334 e. The van der Waals surface area contributed by atoms with E-state index in [0.717, 1.165) is 19.3 Å². The number of nitriles is 1. The monoisotopic (exact) mass is 365 g/mol. The zero-order valence-corrected chi connectivity index (χ0v) is 16.0. The van der Waals surface area contributed by atoms with Gasteiger partial charge in [-0.15, -0.1) is 0 Å². The van der Waals surface area contributed by atoms with Crippen molar-refractivity contribution < 1.29 is 9.18 Å². The van der Waals surface area contributed by atoms with E-state index in [1.807, 2.05) is 4.90 Å². The molecule has 1 aliphatic carbocycles. The molecule has 4 rings (SSSR count).